The Morgan fingerprint density at radius 2 is 1.62 bits per heavy atom. The molecule has 5 heteroatoms. The number of imide groups is 1. The van der Waals surface area contributed by atoms with Gasteiger partial charge in [0.2, 0.25) is 0 Å². The van der Waals surface area contributed by atoms with Crippen molar-refractivity contribution in [3.8, 4) is 0 Å². The molecule has 0 saturated heterocycles. The molecule has 0 bridgehead atoms. The van der Waals surface area contributed by atoms with Gasteiger partial charge < -0.3 is 4.74 Å². The quantitative estimate of drug-likeness (QED) is 0.525. The van der Waals surface area contributed by atoms with Crippen molar-refractivity contribution in [3.05, 3.63) is 70.3 Å². The monoisotopic (exact) mass is 393 g/mol. The third kappa shape index (κ3) is 4.39. The van der Waals surface area contributed by atoms with Gasteiger partial charge in [0.05, 0.1) is 16.7 Å². The summed E-state index contributed by atoms with van der Waals surface area (Å²) in [5.74, 6) is -1.15. The Hall–Kier alpha value is -2.95. The Morgan fingerprint density at radius 1 is 0.966 bits per heavy atom. The smallest absolute Gasteiger partial charge is 0.338 e. The first-order valence-electron chi connectivity index (χ1n) is 9.99. The van der Waals surface area contributed by atoms with Crippen molar-refractivity contribution in [2.24, 2.45) is 0 Å². The number of hydrogen-bond acceptors (Lipinski definition) is 4. The van der Waals surface area contributed by atoms with Crippen molar-refractivity contribution in [2.45, 2.75) is 52.6 Å². The normalized spacial score (nSPS) is 13.6. The highest BCUT2D eigenvalue weighted by molar-refractivity contribution is 6.21. The van der Waals surface area contributed by atoms with Crippen LogP contribution in [0.4, 0.5) is 0 Å². The highest BCUT2D eigenvalue weighted by atomic mass is 16.5. The fourth-order valence-electron chi connectivity index (χ4n) is 3.27. The van der Waals surface area contributed by atoms with Crippen LogP contribution in [0, 0.1) is 0 Å². The molecule has 1 aliphatic heterocycles. The van der Waals surface area contributed by atoms with Crippen LogP contribution in [-0.4, -0.2) is 29.2 Å². The summed E-state index contributed by atoms with van der Waals surface area (Å²) in [6.07, 6.45) is 1.65. The average molecular weight is 393 g/mol. The number of unbranched alkanes of at least 4 members (excludes halogenated alkanes) is 1. The van der Waals surface area contributed by atoms with Crippen LogP contribution in [0.1, 0.15) is 82.7 Å². The summed E-state index contributed by atoms with van der Waals surface area (Å²) >= 11 is 0. The van der Waals surface area contributed by atoms with Crippen molar-refractivity contribution in [3.63, 3.8) is 0 Å². The zero-order chi connectivity index (χ0) is 21.2. The third-order valence-corrected chi connectivity index (χ3v) is 5.13. The van der Waals surface area contributed by atoms with Gasteiger partial charge in [0.1, 0.15) is 6.61 Å². The van der Waals surface area contributed by atoms with Gasteiger partial charge in [-0.15, -0.1) is 0 Å². The largest absolute Gasteiger partial charge is 0.457 e. The lowest BCUT2D eigenvalue weighted by atomic mass is 9.87. The zero-order valence-electron chi connectivity index (χ0n) is 17.5. The predicted octanol–water partition coefficient (Wildman–Crippen LogP) is 4.74. The van der Waals surface area contributed by atoms with E-state index in [0.717, 1.165) is 18.4 Å². The van der Waals surface area contributed by atoms with Crippen LogP contribution in [0.2, 0.25) is 0 Å². The predicted molar refractivity (Wildman–Crippen MR) is 111 cm³/mol. The molecule has 2 aromatic rings. The van der Waals surface area contributed by atoms with E-state index in [2.05, 4.69) is 20.8 Å². The van der Waals surface area contributed by atoms with Gasteiger partial charge in [0, 0.05) is 6.54 Å². The minimum absolute atomic E-state index is 0.0641. The summed E-state index contributed by atoms with van der Waals surface area (Å²) < 4.78 is 5.40. The van der Waals surface area contributed by atoms with E-state index >= 15 is 0 Å². The fraction of sp³-hybridized carbons (Fsp3) is 0.375. The standard InChI is InChI=1S/C24H27NO4/c1-5-6-13-25-21(26)19-12-9-17(14-20(19)22(25)27)23(28)29-15-16-7-10-18(11-8-16)24(2,3)4/h7-12,14H,5-6,13,15H2,1-4H3. The van der Waals surface area contributed by atoms with Crippen LogP contribution in [0.15, 0.2) is 42.5 Å². The van der Waals surface area contributed by atoms with Crippen LogP contribution in [0.3, 0.4) is 0 Å². The molecule has 0 atom stereocenters. The number of esters is 1. The highest BCUT2D eigenvalue weighted by Crippen LogP contribution is 2.25. The maximum Gasteiger partial charge on any atom is 0.338 e. The van der Waals surface area contributed by atoms with E-state index in [1.807, 2.05) is 31.2 Å². The van der Waals surface area contributed by atoms with Crippen molar-refractivity contribution < 1.29 is 19.1 Å². The Kier molecular flexibility index (Phi) is 5.87. The molecule has 1 aliphatic rings. The Morgan fingerprint density at radius 3 is 2.24 bits per heavy atom. The number of amides is 2. The average Bonchev–Trinajstić information content (AvgIpc) is 2.94. The Bertz CT molecular complexity index is 938. The molecule has 0 spiro atoms. The van der Waals surface area contributed by atoms with E-state index in [4.69, 9.17) is 4.74 Å². The van der Waals surface area contributed by atoms with Crippen molar-refractivity contribution in [2.75, 3.05) is 6.54 Å². The molecule has 3 rings (SSSR count). The van der Waals surface area contributed by atoms with Gasteiger partial charge in [0.25, 0.3) is 11.8 Å². The third-order valence-electron chi connectivity index (χ3n) is 5.13. The zero-order valence-corrected chi connectivity index (χ0v) is 17.5. The molecular formula is C24H27NO4. The number of carbonyl (C=O) groups is 3. The molecule has 1 heterocycles. The molecule has 0 radical (unpaired) electrons. The molecule has 2 aromatic carbocycles. The molecule has 0 N–H and O–H groups in total. The molecule has 29 heavy (non-hydrogen) atoms. The number of hydrogen-bond donors (Lipinski definition) is 0. The van der Waals surface area contributed by atoms with Gasteiger partial charge in [0.15, 0.2) is 0 Å². The molecule has 0 aliphatic carbocycles. The van der Waals surface area contributed by atoms with Crippen molar-refractivity contribution in [1.82, 2.24) is 4.90 Å². The molecule has 0 unspecified atom stereocenters. The summed E-state index contributed by atoms with van der Waals surface area (Å²) in [7, 11) is 0. The molecule has 0 fully saturated rings. The maximum absolute atomic E-state index is 12.5. The van der Waals surface area contributed by atoms with Crippen LogP contribution in [0.25, 0.3) is 0 Å². The number of benzene rings is 2. The van der Waals surface area contributed by atoms with E-state index in [9.17, 15) is 14.4 Å². The lowest BCUT2D eigenvalue weighted by molar-refractivity contribution is 0.0472. The van der Waals surface area contributed by atoms with Gasteiger partial charge in [-0.25, -0.2) is 4.79 Å². The summed E-state index contributed by atoms with van der Waals surface area (Å²) in [6.45, 7) is 8.98. The second kappa shape index (κ2) is 8.19. The SMILES string of the molecule is CCCCN1C(=O)c2ccc(C(=O)OCc3ccc(C(C)(C)C)cc3)cc2C1=O. The molecular weight excluding hydrogens is 366 g/mol. The Balaban J connectivity index is 1.68. The summed E-state index contributed by atoms with van der Waals surface area (Å²) in [5.41, 5.74) is 3.06. The second-order valence-corrected chi connectivity index (χ2v) is 8.40. The van der Waals surface area contributed by atoms with E-state index in [-0.39, 0.29) is 35.0 Å². The minimum atomic E-state index is -0.514. The van der Waals surface area contributed by atoms with Crippen LogP contribution in [-0.2, 0) is 16.8 Å². The lowest BCUT2D eigenvalue weighted by Crippen LogP contribution is -2.30. The summed E-state index contributed by atoms with van der Waals surface area (Å²) in [5, 5.41) is 0. The van der Waals surface area contributed by atoms with Crippen LogP contribution < -0.4 is 0 Å². The number of carbonyl (C=O) groups excluding carboxylic acids is 3. The Labute approximate surface area is 171 Å². The first kappa shape index (κ1) is 20.8. The maximum atomic E-state index is 12.5. The molecule has 0 saturated carbocycles. The van der Waals surface area contributed by atoms with E-state index < -0.39 is 5.97 Å². The van der Waals surface area contributed by atoms with E-state index in [1.54, 1.807) is 6.07 Å². The number of nitrogens with zero attached hydrogens (tertiary/aromatic N) is 1. The van der Waals surface area contributed by atoms with Crippen molar-refractivity contribution in [1.29, 1.82) is 0 Å². The van der Waals surface area contributed by atoms with Gasteiger partial charge in [-0.1, -0.05) is 58.4 Å². The number of fused-ring (bicyclic) bond motifs is 1. The van der Waals surface area contributed by atoms with E-state index in [1.165, 1.54) is 22.6 Å². The summed E-state index contributed by atoms with van der Waals surface area (Å²) in [4.78, 5) is 38.6. The second-order valence-electron chi connectivity index (χ2n) is 8.40. The van der Waals surface area contributed by atoms with Crippen LogP contribution >= 0.6 is 0 Å². The minimum Gasteiger partial charge on any atom is -0.457 e. The fourth-order valence-corrected chi connectivity index (χ4v) is 3.27. The highest BCUT2D eigenvalue weighted by Gasteiger charge is 2.35. The lowest BCUT2D eigenvalue weighted by Gasteiger charge is -2.19. The molecule has 0 aromatic heterocycles. The first-order chi connectivity index (χ1) is 13.7. The van der Waals surface area contributed by atoms with E-state index in [0.29, 0.717) is 12.1 Å². The van der Waals surface area contributed by atoms with Crippen LogP contribution in [0.5, 0.6) is 0 Å². The summed E-state index contributed by atoms with van der Waals surface area (Å²) in [6, 6.07) is 12.5. The first-order valence-corrected chi connectivity index (χ1v) is 9.99. The van der Waals surface area contributed by atoms with Gasteiger partial charge in [-0.05, 0) is 41.2 Å². The van der Waals surface area contributed by atoms with Crippen molar-refractivity contribution >= 4 is 17.8 Å². The topological polar surface area (TPSA) is 63.7 Å². The van der Waals surface area contributed by atoms with Gasteiger partial charge in [-0.2, -0.15) is 0 Å². The van der Waals surface area contributed by atoms with Gasteiger partial charge >= 0.3 is 5.97 Å². The molecule has 2 amide bonds. The molecule has 152 valence electrons. The number of ether oxygens (including phenoxy) is 1. The van der Waals surface area contributed by atoms with Gasteiger partial charge in [-0.3, -0.25) is 14.5 Å². The molecule has 5 nitrogen and oxygen atoms in total. The number of rotatable bonds is 6.